The summed E-state index contributed by atoms with van der Waals surface area (Å²) >= 11 is 0. The quantitative estimate of drug-likeness (QED) is 0.646. The molecule has 0 radical (unpaired) electrons. The molecule has 3 nitrogen and oxygen atoms in total. The average Bonchev–Trinajstić information content (AvgIpc) is 1.82. The number of hydrogen-bond acceptors (Lipinski definition) is 3. The molecule has 0 aliphatic heterocycles. The lowest BCUT2D eigenvalue weighted by Crippen LogP contribution is -2.49. The molecule has 0 aromatic carbocycles. The van der Waals surface area contributed by atoms with Crippen LogP contribution in [0, 0.1) is 0 Å². The minimum Gasteiger partial charge on any atom is -0.416 e. The Kier molecular flexibility index (Phi) is 5.38. The van der Waals surface area contributed by atoms with Crippen molar-refractivity contribution in [1.29, 1.82) is 0 Å². The second kappa shape index (κ2) is 5.26. The lowest BCUT2D eigenvalue weighted by Gasteiger charge is -2.31. The summed E-state index contributed by atoms with van der Waals surface area (Å²) in [6.45, 7) is 13.7. The molecule has 0 aliphatic rings. The first-order valence-corrected chi connectivity index (χ1v) is 10.4. The molecule has 80 valence electrons. The predicted molar refractivity (Wildman–Crippen MR) is 59.3 cm³/mol. The highest BCUT2D eigenvalue weighted by atomic mass is 28.5. The van der Waals surface area contributed by atoms with Crippen LogP contribution in [0.5, 0.6) is 0 Å². The van der Waals surface area contributed by atoms with Gasteiger partial charge >= 0.3 is 8.80 Å². The van der Waals surface area contributed by atoms with Crippen molar-refractivity contribution < 1.29 is 13.0 Å². The lowest BCUT2D eigenvalue weighted by molar-refractivity contribution is 0.122. The largest absolute Gasteiger partial charge is 0.487 e. The molecule has 0 unspecified atom stereocenters. The van der Waals surface area contributed by atoms with E-state index in [1.165, 1.54) is 0 Å². The van der Waals surface area contributed by atoms with Gasteiger partial charge in [0.1, 0.15) is 0 Å². The molecule has 5 heteroatoms. The van der Waals surface area contributed by atoms with Gasteiger partial charge in [-0.05, 0) is 33.5 Å². The van der Waals surface area contributed by atoms with Crippen molar-refractivity contribution in [2.45, 2.75) is 40.0 Å². The van der Waals surface area contributed by atoms with E-state index in [0.717, 1.165) is 0 Å². The Morgan fingerprint density at radius 2 is 1.23 bits per heavy atom. The average molecular weight is 222 g/mol. The highest BCUT2D eigenvalue weighted by molar-refractivity contribution is 6.79. The summed E-state index contributed by atoms with van der Waals surface area (Å²) < 4.78 is 17.1. The molecule has 13 heavy (non-hydrogen) atoms. The molecule has 0 bridgehead atoms. The fourth-order valence-electron chi connectivity index (χ4n) is 1.18. The molecule has 0 N–H and O–H groups in total. The van der Waals surface area contributed by atoms with Crippen molar-refractivity contribution in [2.24, 2.45) is 0 Å². The standard InChI is InChI=1S/C8H22O3Si2/c1-7-9-13(6,10-8-2)11-12(3,4)5/h7-8H2,1-6H3. The highest BCUT2D eigenvalue weighted by Crippen LogP contribution is 2.16. The smallest absolute Gasteiger partial charge is 0.416 e. The fourth-order valence-corrected chi connectivity index (χ4v) is 7.23. The van der Waals surface area contributed by atoms with Crippen LogP contribution in [-0.4, -0.2) is 30.3 Å². The van der Waals surface area contributed by atoms with Gasteiger partial charge in [-0.15, -0.1) is 0 Å². The monoisotopic (exact) mass is 222 g/mol. The van der Waals surface area contributed by atoms with Gasteiger partial charge in [0.05, 0.1) is 0 Å². The zero-order valence-corrected chi connectivity index (χ0v) is 11.6. The summed E-state index contributed by atoms with van der Waals surface area (Å²) in [6.07, 6.45) is 0. The van der Waals surface area contributed by atoms with E-state index in [1.807, 2.05) is 20.4 Å². The molecule has 0 heterocycles. The first-order valence-electron chi connectivity index (χ1n) is 4.81. The van der Waals surface area contributed by atoms with Crippen LogP contribution in [0.1, 0.15) is 13.8 Å². The van der Waals surface area contributed by atoms with Gasteiger partial charge in [-0.1, -0.05) is 0 Å². The molecule has 0 saturated heterocycles. The van der Waals surface area contributed by atoms with Crippen LogP contribution < -0.4 is 0 Å². The summed E-state index contributed by atoms with van der Waals surface area (Å²) in [5, 5.41) is 0. The minimum absolute atomic E-state index is 0.660. The van der Waals surface area contributed by atoms with Crippen molar-refractivity contribution in [1.82, 2.24) is 0 Å². The normalized spacial score (nSPS) is 13.4. The molecular weight excluding hydrogens is 200 g/mol. The molecular formula is C8H22O3Si2. The first-order chi connectivity index (χ1) is 5.83. The van der Waals surface area contributed by atoms with E-state index in [4.69, 9.17) is 13.0 Å². The molecule has 0 fully saturated rings. The van der Waals surface area contributed by atoms with Gasteiger partial charge in [0.2, 0.25) is 0 Å². The topological polar surface area (TPSA) is 27.7 Å². The van der Waals surface area contributed by atoms with Gasteiger partial charge in [0, 0.05) is 19.8 Å². The van der Waals surface area contributed by atoms with Crippen LogP contribution in [0.25, 0.3) is 0 Å². The maximum Gasteiger partial charge on any atom is 0.487 e. The van der Waals surface area contributed by atoms with Crippen molar-refractivity contribution in [2.75, 3.05) is 13.2 Å². The van der Waals surface area contributed by atoms with Gasteiger partial charge in [0.25, 0.3) is 0 Å². The minimum atomic E-state index is -2.32. The summed E-state index contributed by atoms with van der Waals surface area (Å²) in [7, 11) is -3.88. The molecule has 0 aliphatic carbocycles. The van der Waals surface area contributed by atoms with E-state index >= 15 is 0 Å². The molecule has 0 aromatic rings. The van der Waals surface area contributed by atoms with Crippen LogP contribution in [0.2, 0.25) is 26.2 Å². The van der Waals surface area contributed by atoms with Crippen molar-refractivity contribution >= 4 is 17.1 Å². The maximum absolute atomic E-state index is 5.94. The van der Waals surface area contributed by atoms with Crippen LogP contribution in [0.3, 0.4) is 0 Å². The van der Waals surface area contributed by atoms with E-state index in [2.05, 4.69) is 19.6 Å². The van der Waals surface area contributed by atoms with Gasteiger partial charge in [0.15, 0.2) is 8.32 Å². The van der Waals surface area contributed by atoms with Crippen molar-refractivity contribution in [3.63, 3.8) is 0 Å². The molecule has 0 amide bonds. The van der Waals surface area contributed by atoms with E-state index in [-0.39, 0.29) is 0 Å². The summed E-state index contributed by atoms with van der Waals surface area (Å²) in [4.78, 5) is 0. The Balaban J connectivity index is 4.22. The SMILES string of the molecule is CCO[Si](C)(OCC)O[Si](C)(C)C. The van der Waals surface area contributed by atoms with E-state index in [0.29, 0.717) is 13.2 Å². The molecule has 0 saturated carbocycles. The third-order valence-corrected chi connectivity index (χ3v) is 6.86. The fraction of sp³-hybridized carbons (Fsp3) is 1.00. The predicted octanol–water partition coefficient (Wildman–Crippen LogP) is 2.48. The zero-order valence-electron chi connectivity index (χ0n) is 9.64. The molecule has 0 rings (SSSR count). The number of hydrogen-bond donors (Lipinski definition) is 0. The Morgan fingerprint density at radius 1 is 0.846 bits per heavy atom. The summed E-state index contributed by atoms with van der Waals surface area (Å²) in [5.74, 6) is 0. The van der Waals surface area contributed by atoms with Crippen LogP contribution in [0.4, 0.5) is 0 Å². The van der Waals surface area contributed by atoms with Crippen LogP contribution in [-0.2, 0) is 13.0 Å². The Hall–Kier alpha value is 0.314. The second-order valence-corrected chi connectivity index (χ2v) is 11.3. The highest BCUT2D eigenvalue weighted by Gasteiger charge is 2.38. The van der Waals surface area contributed by atoms with Crippen LogP contribution >= 0.6 is 0 Å². The molecule has 0 aromatic heterocycles. The van der Waals surface area contributed by atoms with Gasteiger partial charge < -0.3 is 13.0 Å². The van der Waals surface area contributed by atoms with E-state index in [1.54, 1.807) is 0 Å². The summed E-state index contributed by atoms with van der Waals surface area (Å²) in [6, 6.07) is 0. The number of rotatable bonds is 6. The second-order valence-electron chi connectivity index (χ2n) is 3.94. The van der Waals surface area contributed by atoms with Gasteiger partial charge in [-0.25, -0.2) is 0 Å². The van der Waals surface area contributed by atoms with Crippen LogP contribution in [0.15, 0.2) is 0 Å². The maximum atomic E-state index is 5.94. The summed E-state index contributed by atoms with van der Waals surface area (Å²) in [5.41, 5.74) is 0. The van der Waals surface area contributed by atoms with E-state index in [9.17, 15) is 0 Å². The Bertz CT molecular complexity index is 139. The van der Waals surface area contributed by atoms with E-state index < -0.39 is 17.1 Å². The third kappa shape index (κ3) is 6.39. The lowest BCUT2D eigenvalue weighted by atomic mass is 10.9. The zero-order chi connectivity index (χ0) is 10.5. The van der Waals surface area contributed by atoms with Gasteiger partial charge in [-0.2, -0.15) is 0 Å². The van der Waals surface area contributed by atoms with Gasteiger partial charge in [-0.3, -0.25) is 0 Å². The Labute approximate surface area is 83.9 Å². The third-order valence-electron chi connectivity index (χ3n) is 1.30. The Morgan fingerprint density at radius 3 is 1.46 bits per heavy atom. The molecule has 0 spiro atoms. The van der Waals surface area contributed by atoms with Crippen molar-refractivity contribution in [3.05, 3.63) is 0 Å². The van der Waals surface area contributed by atoms with Crippen molar-refractivity contribution in [3.8, 4) is 0 Å². The first kappa shape index (κ1) is 13.3. The molecule has 0 atom stereocenters.